The number of hydrogen-bond acceptors (Lipinski definition) is 3. The van der Waals surface area contributed by atoms with Crippen LogP contribution in [0.25, 0.3) is 11.3 Å². The second-order valence-corrected chi connectivity index (χ2v) is 6.92. The summed E-state index contributed by atoms with van der Waals surface area (Å²) in [5.74, 6) is -2.36. The number of alkyl halides is 3. The molecule has 28 heavy (non-hydrogen) atoms. The number of H-pyrrole nitrogens is 1. The molecule has 1 aliphatic carbocycles. The van der Waals surface area contributed by atoms with Gasteiger partial charge in [-0.25, -0.2) is 0 Å². The predicted octanol–water partition coefficient (Wildman–Crippen LogP) is 5.23. The molecule has 0 spiro atoms. The number of fused-ring (bicyclic) bond motifs is 1. The molecule has 7 heteroatoms. The van der Waals surface area contributed by atoms with Crippen LogP contribution in [0.3, 0.4) is 0 Å². The van der Waals surface area contributed by atoms with E-state index in [-0.39, 0.29) is 12.8 Å². The summed E-state index contributed by atoms with van der Waals surface area (Å²) in [5.41, 5.74) is 3.95. The third kappa shape index (κ3) is 3.40. The van der Waals surface area contributed by atoms with Gasteiger partial charge in [-0.15, -0.1) is 0 Å². The number of nitrogens with zero attached hydrogens (tertiary/aromatic N) is 1. The van der Waals surface area contributed by atoms with Crippen molar-refractivity contribution >= 4 is 17.7 Å². The van der Waals surface area contributed by atoms with Gasteiger partial charge >= 0.3 is 6.18 Å². The van der Waals surface area contributed by atoms with Crippen LogP contribution in [-0.2, 0) is 11.2 Å². The second kappa shape index (κ2) is 7.14. The smallest absolute Gasteiger partial charge is 0.356 e. The largest absolute Gasteiger partial charge is 0.392 e. The van der Waals surface area contributed by atoms with Gasteiger partial charge in [-0.05, 0) is 37.1 Å². The topological polar surface area (TPSA) is 57.8 Å². The molecule has 0 amide bonds. The lowest BCUT2D eigenvalue weighted by molar-refractivity contribution is -0.178. The van der Waals surface area contributed by atoms with Gasteiger partial charge < -0.3 is 15.1 Å². The molecule has 144 valence electrons. The minimum Gasteiger partial charge on any atom is -0.356 e. The molecule has 2 atom stereocenters. The highest BCUT2D eigenvalue weighted by Crippen LogP contribution is 2.47. The molecule has 2 aromatic heterocycles. The summed E-state index contributed by atoms with van der Waals surface area (Å²) in [6, 6.07) is 12.9. The molecule has 2 heterocycles. The van der Waals surface area contributed by atoms with Gasteiger partial charge in [-0.3, -0.25) is 4.98 Å². The number of halogens is 3. The third-order valence-corrected chi connectivity index (χ3v) is 5.12. The first-order valence-electron chi connectivity index (χ1n) is 8.96. The van der Waals surface area contributed by atoms with Gasteiger partial charge in [0, 0.05) is 40.8 Å². The first-order chi connectivity index (χ1) is 13.5. The molecule has 0 saturated carbocycles. The Morgan fingerprint density at radius 3 is 2.46 bits per heavy atom. The molecule has 0 bridgehead atoms. The lowest BCUT2D eigenvalue weighted by atomic mass is 9.79. The van der Waals surface area contributed by atoms with Crippen LogP contribution >= 0.6 is 0 Å². The van der Waals surface area contributed by atoms with Crippen LogP contribution in [0.2, 0.25) is 0 Å². The van der Waals surface area contributed by atoms with Crippen LogP contribution in [0.5, 0.6) is 0 Å². The van der Waals surface area contributed by atoms with E-state index in [4.69, 9.17) is 0 Å². The van der Waals surface area contributed by atoms with E-state index in [0.717, 1.165) is 11.3 Å². The second-order valence-electron chi connectivity index (χ2n) is 6.92. The standard InChI is InChI=1S/C21H18F3N3O/c22-21(23,24)15-10-14(12-28)18-17(11-15)27-19(13-6-8-25-9-7-13)20(18)26-16-4-2-1-3-5-16/h1-9,12,14-15,26-27H,10-11H2. The highest BCUT2D eigenvalue weighted by atomic mass is 19.4. The summed E-state index contributed by atoms with van der Waals surface area (Å²) >= 11 is 0. The van der Waals surface area contributed by atoms with Crippen molar-refractivity contribution in [3.8, 4) is 11.3 Å². The molecule has 0 fully saturated rings. The Balaban J connectivity index is 1.86. The molecule has 0 aliphatic heterocycles. The zero-order valence-electron chi connectivity index (χ0n) is 14.8. The van der Waals surface area contributed by atoms with Crippen molar-refractivity contribution in [3.05, 3.63) is 66.1 Å². The van der Waals surface area contributed by atoms with Crippen molar-refractivity contribution in [1.82, 2.24) is 9.97 Å². The highest BCUT2D eigenvalue weighted by molar-refractivity contribution is 5.86. The monoisotopic (exact) mass is 385 g/mol. The summed E-state index contributed by atoms with van der Waals surface area (Å²) in [6.07, 6.45) is -0.881. The van der Waals surface area contributed by atoms with E-state index in [1.54, 1.807) is 24.5 Å². The van der Waals surface area contributed by atoms with Gasteiger partial charge in [0.05, 0.1) is 17.3 Å². The Hall–Kier alpha value is -3.09. The quantitative estimate of drug-likeness (QED) is 0.605. The molecule has 1 aliphatic rings. The van der Waals surface area contributed by atoms with E-state index in [0.29, 0.717) is 28.9 Å². The first-order valence-corrected chi connectivity index (χ1v) is 8.96. The van der Waals surface area contributed by atoms with Gasteiger partial charge in [-0.1, -0.05) is 18.2 Å². The molecular formula is C21H18F3N3O. The number of pyridine rings is 1. The third-order valence-electron chi connectivity index (χ3n) is 5.12. The Kier molecular flexibility index (Phi) is 4.66. The first kappa shape index (κ1) is 18.3. The molecule has 0 saturated heterocycles. The number of nitrogens with one attached hydrogen (secondary N) is 2. The maximum atomic E-state index is 13.4. The molecule has 0 radical (unpaired) electrons. The number of carbonyl (C=O) groups excluding carboxylic acids is 1. The van der Waals surface area contributed by atoms with Crippen molar-refractivity contribution in [2.75, 3.05) is 5.32 Å². The SMILES string of the molecule is O=CC1CC(C(F)(F)F)Cc2[nH]c(-c3ccncc3)c(Nc3ccccc3)c21. The van der Waals surface area contributed by atoms with Crippen LogP contribution in [0.1, 0.15) is 23.6 Å². The summed E-state index contributed by atoms with van der Waals surface area (Å²) in [5, 5.41) is 3.31. The zero-order chi connectivity index (χ0) is 19.7. The number of benzene rings is 1. The summed E-state index contributed by atoms with van der Waals surface area (Å²) in [6.45, 7) is 0. The van der Waals surface area contributed by atoms with Crippen molar-refractivity contribution in [2.24, 2.45) is 5.92 Å². The normalized spacial score (nSPS) is 19.1. The van der Waals surface area contributed by atoms with E-state index in [1.807, 2.05) is 30.3 Å². The fourth-order valence-corrected chi connectivity index (χ4v) is 3.79. The molecule has 2 unspecified atom stereocenters. The predicted molar refractivity (Wildman–Crippen MR) is 100 cm³/mol. The minimum absolute atomic E-state index is 0.169. The van der Waals surface area contributed by atoms with Gasteiger partial charge in [0.15, 0.2) is 0 Å². The number of aromatic amines is 1. The van der Waals surface area contributed by atoms with E-state index >= 15 is 0 Å². The molecule has 3 aromatic rings. The van der Waals surface area contributed by atoms with Crippen molar-refractivity contribution in [2.45, 2.75) is 24.9 Å². The highest BCUT2D eigenvalue weighted by Gasteiger charge is 2.45. The Morgan fingerprint density at radius 2 is 1.82 bits per heavy atom. The lowest BCUT2D eigenvalue weighted by Crippen LogP contribution is -2.31. The Bertz CT molecular complexity index is 968. The van der Waals surface area contributed by atoms with Gasteiger partial charge in [-0.2, -0.15) is 13.2 Å². The maximum Gasteiger partial charge on any atom is 0.392 e. The van der Waals surface area contributed by atoms with Crippen LogP contribution < -0.4 is 5.32 Å². The van der Waals surface area contributed by atoms with E-state index in [9.17, 15) is 18.0 Å². The lowest BCUT2D eigenvalue weighted by Gasteiger charge is -2.28. The van der Waals surface area contributed by atoms with E-state index < -0.39 is 18.0 Å². The Labute approximate surface area is 159 Å². The van der Waals surface area contributed by atoms with Crippen molar-refractivity contribution in [1.29, 1.82) is 0 Å². The van der Waals surface area contributed by atoms with Crippen LogP contribution in [0.4, 0.5) is 24.5 Å². The molecular weight excluding hydrogens is 367 g/mol. The fraction of sp³-hybridized carbons (Fsp3) is 0.238. The van der Waals surface area contributed by atoms with Crippen molar-refractivity contribution < 1.29 is 18.0 Å². The van der Waals surface area contributed by atoms with Gasteiger partial charge in [0.25, 0.3) is 0 Å². The number of anilines is 2. The number of hydrogen-bond donors (Lipinski definition) is 2. The molecule has 2 N–H and O–H groups in total. The minimum atomic E-state index is -4.34. The fourth-order valence-electron chi connectivity index (χ4n) is 3.79. The molecule has 1 aromatic carbocycles. The van der Waals surface area contributed by atoms with E-state index in [1.165, 1.54) is 0 Å². The maximum absolute atomic E-state index is 13.4. The van der Waals surface area contributed by atoms with Gasteiger partial charge in [0.1, 0.15) is 6.29 Å². The van der Waals surface area contributed by atoms with E-state index in [2.05, 4.69) is 15.3 Å². The number of aromatic nitrogens is 2. The average molecular weight is 385 g/mol. The number of carbonyl (C=O) groups is 1. The van der Waals surface area contributed by atoms with Crippen molar-refractivity contribution in [3.63, 3.8) is 0 Å². The number of aldehydes is 1. The summed E-state index contributed by atoms with van der Waals surface area (Å²) in [7, 11) is 0. The molecule has 4 nitrogen and oxygen atoms in total. The number of para-hydroxylation sites is 1. The molecule has 4 rings (SSSR count). The summed E-state index contributed by atoms with van der Waals surface area (Å²) < 4.78 is 40.1. The summed E-state index contributed by atoms with van der Waals surface area (Å²) in [4.78, 5) is 18.9. The van der Waals surface area contributed by atoms with Crippen LogP contribution in [0.15, 0.2) is 54.9 Å². The average Bonchev–Trinajstić information content (AvgIpc) is 3.06. The van der Waals surface area contributed by atoms with Crippen LogP contribution in [0, 0.1) is 5.92 Å². The van der Waals surface area contributed by atoms with Gasteiger partial charge in [0.2, 0.25) is 0 Å². The number of rotatable bonds is 4. The van der Waals surface area contributed by atoms with Crippen LogP contribution in [-0.4, -0.2) is 22.4 Å². The zero-order valence-corrected chi connectivity index (χ0v) is 14.8. The Morgan fingerprint density at radius 1 is 1.11 bits per heavy atom.